The van der Waals surface area contributed by atoms with Crippen LogP contribution in [0.2, 0.25) is 0 Å². The van der Waals surface area contributed by atoms with Gasteiger partial charge in [-0.05, 0) is 75.9 Å². The predicted octanol–water partition coefficient (Wildman–Crippen LogP) is 5.69. The lowest BCUT2D eigenvalue weighted by Gasteiger charge is -2.15. The summed E-state index contributed by atoms with van der Waals surface area (Å²) in [4.78, 5) is 32.7. The third-order valence-corrected chi connectivity index (χ3v) is 7.98. The van der Waals surface area contributed by atoms with E-state index in [1.165, 1.54) is 28.0 Å². The number of fused-ring (bicyclic) bond motifs is 1. The van der Waals surface area contributed by atoms with Crippen LogP contribution in [0.4, 0.5) is 4.39 Å². The second-order valence-corrected chi connectivity index (χ2v) is 11.9. The first-order valence-corrected chi connectivity index (χ1v) is 13.5. The van der Waals surface area contributed by atoms with Crippen molar-refractivity contribution >= 4 is 28.1 Å². The Morgan fingerprint density at radius 3 is 2.45 bits per heavy atom. The number of carbonyl (C=O) groups excluding carboxylic acids is 1. The Bertz CT molecular complexity index is 1580. The summed E-state index contributed by atoms with van der Waals surface area (Å²) in [6.07, 6.45) is 4.10. The van der Waals surface area contributed by atoms with E-state index in [0.29, 0.717) is 58.7 Å². The zero-order valence-corrected chi connectivity index (χ0v) is 23.1. The van der Waals surface area contributed by atoms with E-state index < -0.39 is 5.60 Å². The number of hydrogen-bond acceptors (Lipinski definition) is 5. The van der Waals surface area contributed by atoms with E-state index in [1.54, 1.807) is 51.9 Å². The highest BCUT2D eigenvalue weighted by Gasteiger charge is 2.26. The standard InChI is InChI=1S/C29H32FN3O4S/c1-16-10-18(30)11-17(2)25(16)37-23-12-19(14-29(3,4)36)38-26(23)21-15-32(5)28(35)24-20(21)13-22(31-24)27(34)33-8-6-7-9-33/h10-13,15,31,36H,6-9,14H2,1-5H3. The minimum absolute atomic E-state index is 0.116. The number of aliphatic hydroxyl groups is 1. The first-order chi connectivity index (χ1) is 17.9. The van der Waals surface area contributed by atoms with Gasteiger partial charge in [-0.2, -0.15) is 0 Å². The first-order valence-electron chi connectivity index (χ1n) is 12.7. The molecule has 9 heteroatoms. The van der Waals surface area contributed by atoms with Gasteiger partial charge < -0.3 is 24.3 Å². The normalized spacial score (nSPS) is 14.0. The number of carbonyl (C=O) groups is 1. The highest BCUT2D eigenvalue weighted by atomic mass is 32.1. The minimum atomic E-state index is -0.941. The number of H-pyrrole nitrogens is 1. The van der Waals surface area contributed by atoms with Crippen molar-refractivity contribution in [2.75, 3.05) is 13.1 Å². The summed E-state index contributed by atoms with van der Waals surface area (Å²) in [5, 5.41) is 11.1. The van der Waals surface area contributed by atoms with Crippen molar-refractivity contribution < 1.29 is 19.0 Å². The number of likely N-dealkylation sites (tertiary alicyclic amines) is 1. The van der Waals surface area contributed by atoms with Crippen molar-refractivity contribution in [3.8, 4) is 21.9 Å². The molecular formula is C29H32FN3O4S. The number of aromatic amines is 1. The van der Waals surface area contributed by atoms with Crippen LogP contribution in [0.25, 0.3) is 21.3 Å². The van der Waals surface area contributed by atoms with Gasteiger partial charge >= 0.3 is 0 Å². The summed E-state index contributed by atoms with van der Waals surface area (Å²) in [6, 6.07) is 6.50. The summed E-state index contributed by atoms with van der Waals surface area (Å²) in [5.74, 6) is 0.651. The number of halogens is 1. The number of rotatable bonds is 6. The Hall–Kier alpha value is -3.43. The Labute approximate surface area is 224 Å². The number of aromatic nitrogens is 2. The predicted molar refractivity (Wildman–Crippen MR) is 148 cm³/mol. The number of pyridine rings is 1. The Kier molecular flexibility index (Phi) is 6.69. The Balaban J connectivity index is 1.68. The molecule has 1 aliphatic heterocycles. The maximum Gasteiger partial charge on any atom is 0.274 e. The quantitative estimate of drug-likeness (QED) is 0.331. The molecule has 4 aromatic rings. The molecule has 0 atom stereocenters. The lowest BCUT2D eigenvalue weighted by Crippen LogP contribution is -2.27. The third-order valence-electron chi connectivity index (χ3n) is 6.83. The van der Waals surface area contributed by atoms with Gasteiger partial charge in [-0.15, -0.1) is 11.3 Å². The molecular weight excluding hydrogens is 505 g/mol. The lowest BCUT2D eigenvalue weighted by atomic mass is 10.0. The van der Waals surface area contributed by atoms with E-state index >= 15 is 0 Å². The van der Waals surface area contributed by atoms with Crippen LogP contribution in [0.5, 0.6) is 11.5 Å². The van der Waals surface area contributed by atoms with Crippen LogP contribution >= 0.6 is 11.3 Å². The van der Waals surface area contributed by atoms with E-state index in [2.05, 4.69) is 4.98 Å². The second kappa shape index (κ2) is 9.71. The zero-order valence-electron chi connectivity index (χ0n) is 22.3. The van der Waals surface area contributed by atoms with Crippen molar-refractivity contribution in [3.05, 3.63) is 68.3 Å². The van der Waals surface area contributed by atoms with E-state index in [1.807, 2.05) is 6.07 Å². The molecule has 200 valence electrons. The molecule has 7 nitrogen and oxygen atoms in total. The number of aryl methyl sites for hydroxylation is 3. The van der Waals surface area contributed by atoms with Crippen LogP contribution in [-0.2, 0) is 13.5 Å². The van der Waals surface area contributed by atoms with Crippen LogP contribution in [0, 0.1) is 19.7 Å². The number of hydrogen-bond donors (Lipinski definition) is 2. The zero-order chi connectivity index (χ0) is 27.4. The highest BCUT2D eigenvalue weighted by Crippen LogP contribution is 2.45. The molecule has 1 saturated heterocycles. The molecule has 38 heavy (non-hydrogen) atoms. The van der Waals surface area contributed by atoms with E-state index in [9.17, 15) is 19.1 Å². The number of nitrogens with zero attached hydrogens (tertiary/aromatic N) is 2. The molecule has 3 aromatic heterocycles. The molecule has 1 amide bonds. The molecule has 1 aromatic carbocycles. The number of ether oxygens (including phenoxy) is 1. The van der Waals surface area contributed by atoms with Crippen molar-refractivity contribution in [2.24, 2.45) is 7.05 Å². The number of nitrogens with one attached hydrogen (secondary N) is 1. The van der Waals surface area contributed by atoms with E-state index in [4.69, 9.17) is 4.74 Å². The maximum absolute atomic E-state index is 14.0. The molecule has 1 aliphatic rings. The van der Waals surface area contributed by atoms with Gasteiger partial charge in [-0.3, -0.25) is 9.59 Å². The van der Waals surface area contributed by atoms with Crippen molar-refractivity contribution in [1.29, 1.82) is 0 Å². The van der Waals surface area contributed by atoms with Gasteiger partial charge in [0.15, 0.2) is 0 Å². The molecule has 5 rings (SSSR count). The van der Waals surface area contributed by atoms with Gasteiger partial charge in [-0.25, -0.2) is 4.39 Å². The van der Waals surface area contributed by atoms with E-state index in [-0.39, 0.29) is 17.3 Å². The van der Waals surface area contributed by atoms with Gasteiger partial charge in [0, 0.05) is 48.6 Å². The molecule has 0 aliphatic carbocycles. The first kappa shape index (κ1) is 26.2. The molecule has 0 bridgehead atoms. The van der Waals surface area contributed by atoms with Crippen LogP contribution in [-0.4, -0.2) is 44.2 Å². The van der Waals surface area contributed by atoms with Gasteiger partial charge in [0.2, 0.25) is 0 Å². The fourth-order valence-electron chi connectivity index (χ4n) is 5.09. The van der Waals surface area contributed by atoms with Crippen LogP contribution in [0.3, 0.4) is 0 Å². The van der Waals surface area contributed by atoms with Gasteiger partial charge in [0.05, 0.1) is 10.5 Å². The SMILES string of the molecule is Cc1cc(F)cc(C)c1Oc1cc(CC(C)(C)O)sc1-c1cn(C)c(=O)c2[nH]c(C(=O)N3CCCC3)cc12. The third kappa shape index (κ3) is 5.00. The summed E-state index contributed by atoms with van der Waals surface area (Å²) in [5.41, 5.74) is 1.62. The minimum Gasteiger partial charge on any atom is -0.455 e. The second-order valence-electron chi connectivity index (χ2n) is 10.8. The van der Waals surface area contributed by atoms with Crippen LogP contribution < -0.4 is 10.3 Å². The summed E-state index contributed by atoms with van der Waals surface area (Å²) < 4.78 is 21.9. The molecule has 4 heterocycles. The Morgan fingerprint density at radius 1 is 1.16 bits per heavy atom. The van der Waals surface area contributed by atoms with Crippen LogP contribution in [0.15, 0.2) is 35.3 Å². The molecule has 0 saturated carbocycles. The van der Waals surface area contributed by atoms with Crippen LogP contribution in [0.1, 0.15) is 53.2 Å². The van der Waals surface area contributed by atoms with Crippen molar-refractivity contribution in [1.82, 2.24) is 14.5 Å². The molecule has 0 unspecified atom stereocenters. The van der Waals surface area contributed by atoms with E-state index in [0.717, 1.165) is 28.2 Å². The maximum atomic E-state index is 14.0. The average Bonchev–Trinajstić information content (AvgIpc) is 3.57. The van der Waals surface area contributed by atoms with Gasteiger partial charge in [0.25, 0.3) is 11.5 Å². The fourth-order valence-corrected chi connectivity index (χ4v) is 6.42. The molecule has 2 N–H and O–H groups in total. The largest absolute Gasteiger partial charge is 0.455 e. The summed E-state index contributed by atoms with van der Waals surface area (Å²) in [6.45, 7) is 8.49. The summed E-state index contributed by atoms with van der Waals surface area (Å²) >= 11 is 1.46. The van der Waals surface area contributed by atoms with Gasteiger partial charge in [0.1, 0.15) is 28.5 Å². The molecule has 1 fully saturated rings. The molecule has 0 radical (unpaired) electrons. The Morgan fingerprint density at radius 2 is 1.82 bits per heavy atom. The monoisotopic (exact) mass is 537 g/mol. The number of benzene rings is 1. The van der Waals surface area contributed by atoms with Gasteiger partial charge in [-0.1, -0.05) is 0 Å². The fraction of sp³-hybridized carbons (Fsp3) is 0.379. The smallest absolute Gasteiger partial charge is 0.274 e. The number of amides is 1. The lowest BCUT2D eigenvalue weighted by molar-refractivity contribution is 0.0786. The molecule has 0 spiro atoms. The topological polar surface area (TPSA) is 87.6 Å². The van der Waals surface area contributed by atoms with Crippen molar-refractivity contribution in [3.63, 3.8) is 0 Å². The van der Waals surface area contributed by atoms with Crippen molar-refractivity contribution in [2.45, 2.75) is 52.6 Å². The highest BCUT2D eigenvalue weighted by molar-refractivity contribution is 7.16. The number of thiophene rings is 1. The summed E-state index contributed by atoms with van der Waals surface area (Å²) in [7, 11) is 1.67. The average molecular weight is 538 g/mol.